The molecule has 1 aromatic carbocycles. The summed E-state index contributed by atoms with van der Waals surface area (Å²) in [4.78, 5) is 0. The van der Waals surface area contributed by atoms with Crippen molar-refractivity contribution in [3.05, 3.63) is 23.8 Å². The van der Waals surface area contributed by atoms with E-state index in [-0.39, 0.29) is 24.7 Å². The minimum atomic E-state index is -4.50. The normalized spacial score (nSPS) is 11.6. The van der Waals surface area contributed by atoms with Crippen LogP contribution in [0.1, 0.15) is 12.0 Å². The fourth-order valence-corrected chi connectivity index (χ4v) is 1.51. The van der Waals surface area contributed by atoms with Crippen LogP contribution in [0.4, 0.5) is 18.9 Å². The first-order valence-corrected chi connectivity index (χ1v) is 6.11. The van der Waals surface area contributed by atoms with Crippen LogP contribution in [0.15, 0.2) is 18.2 Å². The first-order chi connectivity index (χ1) is 9.45. The van der Waals surface area contributed by atoms with Crippen LogP contribution in [0, 0.1) is 0 Å². The number of benzene rings is 1. The van der Waals surface area contributed by atoms with Crippen molar-refractivity contribution in [2.45, 2.75) is 12.6 Å². The number of ether oxygens (including phenoxy) is 3. The summed E-state index contributed by atoms with van der Waals surface area (Å²) in [6.45, 7) is 1.31. The molecule has 0 amide bonds. The predicted molar refractivity (Wildman–Crippen MR) is 68.7 cm³/mol. The molecule has 1 aromatic rings. The van der Waals surface area contributed by atoms with Gasteiger partial charge in [0.1, 0.15) is 12.4 Å². The quantitative estimate of drug-likeness (QED) is 0.591. The summed E-state index contributed by atoms with van der Waals surface area (Å²) in [5.41, 5.74) is 4.52. The molecule has 1 rings (SSSR count). The minimum Gasteiger partial charge on any atom is -0.491 e. The van der Waals surface area contributed by atoms with Gasteiger partial charge in [0.25, 0.3) is 0 Å². The third kappa shape index (κ3) is 5.66. The lowest BCUT2D eigenvalue weighted by atomic mass is 10.1. The molecule has 0 spiro atoms. The van der Waals surface area contributed by atoms with E-state index < -0.39 is 11.7 Å². The number of halogens is 3. The van der Waals surface area contributed by atoms with Gasteiger partial charge < -0.3 is 19.9 Å². The molecule has 0 bridgehead atoms. The van der Waals surface area contributed by atoms with E-state index in [9.17, 15) is 13.2 Å². The third-order valence-corrected chi connectivity index (χ3v) is 2.43. The monoisotopic (exact) mass is 293 g/mol. The van der Waals surface area contributed by atoms with Gasteiger partial charge in [0.05, 0.1) is 12.2 Å². The van der Waals surface area contributed by atoms with Gasteiger partial charge in [-0.15, -0.1) is 0 Å². The summed E-state index contributed by atoms with van der Waals surface area (Å²) >= 11 is 0. The molecule has 114 valence electrons. The number of hydrogen-bond donors (Lipinski definition) is 1. The molecule has 20 heavy (non-hydrogen) atoms. The summed E-state index contributed by atoms with van der Waals surface area (Å²) in [5, 5.41) is 0. The number of nitrogen functional groups attached to an aromatic ring is 1. The number of anilines is 1. The Bertz CT molecular complexity index is 410. The van der Waals surface area contributed by atoms with Gasteiger partial charge in [0.2, 0.25) is 0 Å². The second kappa shape index (κ2) is 7.96. The van der Waals surface area contributed by atoms with E-state index >= 15 is 0 Å². The van der Waals surface area contributed by atoms with E-state index in [0.29, 0.717) is 13.2 Å². The number of methoxy groups -OCH3 is 1. The van der Waals surface area contributed by atoms with Crippen LogP contribution in [-0.2, 0) is 15.7 Å². The molecular weight excluding hydrogens is 275 g/mol. The van der Waals surface area contributed by atoms with Crippen molar-refractivity contribution < 1.29 is 27.4 Å². The second-order valence-electron chi connectivity index (χ2n) is 4.06. The van der Waals surface area contributed by atoms with E-state index in [1.165, 1.54) is 12.1 Å². The predicted octanol–water partition coefficient (Wildman–Crippen LogP) is 2.72. The highest BCUT2D eigenvalue weighted by Gasteiger charge is 2.34. The Hall–Kier alpha value is -1.47. The van der Waals surface area contributed by atoms with Crippen LogP contribution in [0.2, 0.25) is 0 Å². The molecule has 0 aliphatic carbocycles. The van der Waals surface area contributed by atoms with E-state index in [0.717, 1.165) is 12.5 Å². The van der Waals surface area contributed by atoms with Crippen LogP contribution >= 0.6 is 0 Å². The zero-order chi connectivity index (χ0) is 15.0. The first kappa shape index (κ1) is 16.6. The van der Waals surface area contributed by atoms with Gasteiger partial charge in [0, 0.05) is 26.0 Å². The summed E-state index contributed by atoms with van der Waals surface area (Å²) in [6, 6.07) is 3.43. The summed E-state index contributed by atoms with van der Waals surface area (Å²) in [5.74, 6) is -0.243. The second-order valence-corrected chi connectivity index (χ2v) is 4.06. The molecule has 7 heteroatoms. The SMILES string of the molecule is COCCCOCCOc1ccc(N)cc1C(F)(F)F. The van der Waals surface area contributed by atoms with Gasteiger partial charge in [0.15, 0.2) is 0 Å². The molecule has 0 radical (unpaired) electrons. The molecule has 0 heterocycles. The molecular formula is C13H18F3NO3. The molecule has 0 unspecified atom stereocenters. The van der Waals surface area contributed by atoms with Gasteiger partial charge in [-0.25, -0.2) is 0 Å². The smallest absolute Gasteiger partial charge is 0.420 e. The lowest BCUT2D eigenvalue weighted by molar-refractivity contribution is -0.139. The van der Waals surface area contributed by atoms with Crippen LogP contribution in [-0.4, -0.2) is 33.5 Å². The molecule has 0 saturated heterocycles. The highest BCUT2D eigenvalue weighted by atomic mass is 19.4. The standard InChI is InChI=1S/C13H18F3NO3/c1-18-5-2-6-19-7-8-20-12-4-3-10(17)9-11(12)13(14,15)16/h3-4,9H,2,5-8,17H2,1H3. The largest absolute Gasteiger partial charge is 0.491 e. The van der Waals surface area contributed by atoms with E-state index in [1.54, 1.807) is 7.11 Å². The van der Waals surface area contributed by atoms with Crippen molar-refractivity contribution in [3.63, 3.8) is 0 Å². The number of nitrogens with two attached hydrogens (primary N) is 1. The number of hydrogen-bond acceptors (Lipinski definition) is 4. The van der Waals surface area contributed by atoms with Crippen molar-refractivity contribution in [1.29, 1.82) is 0 Å². The molecule has 0 aliphatic heterocycles. The van der Waals surface area contributed by atoms with Gasteiger partial charge in [-0.05, 0) is 24.6 Å². The lowest BCUT2D eigenvalue weighted by Gasteiger charge is -2.14. The average Bonchev–Trinajstić information content (AvgIpc) is 2.38. The number of rotatable bonds is 8. The van der Waals surface area contributed by atoms with Crippen molar-refractivity contribution in [3.8, 4) is 5.75 Å². The van der Waals surface area contributed by atoms with Gasteiger partial charge in [-0.2, -0.15) is 13.2 Å². The van der Waals surface area contributed by atoms with Crippen molar-refractivity contribution in [2.24, 2.45) is 0 Å². The van der Waals surface area contributed by atoms with Gasteiger partial charge in [-0.1, -0.05) is 0 Å². The topological polar surface area (TPSA) is 53.7 Å². The summed E-state index contributed by atoms with van der Waals surface area (Å²) in [7, 11) is 1.59. The Morgan fingerprint density at radius 3 is 2.50 bits per heavy atom. The van der Waals surface area contributed by atoms with Crippen LogP contribution in [0.3, 0.4) is 0 Å². The molecule has 4 nitrogen and oxygen atoms in total. The Morgan fingerprint density at radius 1 is 1.10 bits per heavy atom. The molecule has 0 saturated carbocycles. The maximum absolute atomic E-state index is 12.8. The van der Waals surface area contributed by atoms with Crippen LogP contribution in [0.5, 0.6) is 5.75 Å². The summed E-state index contributed by atoms with van der Waals surface area (Å²) in [6.07, 6.45) is -3.77. The molecule has 2 N–H and O–H groups in total. The molecule has 0 aromatic heterocycles. The lowest BCUT2D eigenvalue weighted by Crippen LogP contribution is -2.13. The zero-order valence-electron chi connectivity index (χ0n) is 11.2. The fraction of sp³-hybridized carbons (Fsp3) is 0.538. The highest BCUT2D eigenvalue weighted by Crippen LogP contribution is 2.37. The Labute approximate surface area is 115 Å². The molecule has 0 atom stereocenters. The first-order valence-electron chi connectivity index (χ1n) is 6.11. The van der Waals surface area contributed by atoms with Crippen LogP contribution in [0.25, 0.3) is 0 Å². The third-order valence-electron chi connectivity index (χ3n) is 2.43. The van der Waals surface area contributed by atoms with Crippen molar-refractivity contribution in [1.82, 2.24) is 0 Å². The van der Waals surface area contributed by atoms with E-state index in [4.69, 9.17) is 19.9 Å². The maximum atomic E-state index is 12.8. The molecule has 0 aliphatic rings. The van der Waals surface area contributed by atoms with Crippen molar-refractivity contribution >= 4 is 5.69 Å². The minimum absolute atomic E-state index is 0.0416. The van der Waals surface area contributed by atoms with E-state index in [2.05, 4.69) is 0 Å². The zero-order valence-corrected chi connectivity index (χ0v) is 11.2. The fourth-order valence-electron chi connectivity index (χ4n) is 1.51. The summed E-state index contributed by atoms with van der Waals surface area (Å²) < 4.78 is 53.4. The van der Waals surface area contributed by atoms with Gasteiger partial charge >= 0.3 is 6.18 Å². The molecule has 0 fully saturated rings. The Morgan fingerprint density at radius 2 is 1.85 bits per heavy atom. The maximum Gasteiger partial charge on any atom is 0.420 e. The van der Waals surface area contributed by atoms with Crippen molar-refractivity contribution in [2.75, 3.05) is 39.3 Å². The van der Waals surface area contributed by atoms with Gasteiger partial charge in [-0.3, -0.25) is 0 Å². The Balaban J connectivity index is 2.44. The highest BCUT2D eigenvalue weighted by molar-refractivity contribution is 5.49. The van der Waals surface area contributed by atoms with E-state index in [1.807, 2.05) is 0 Å². The number of alkyl halides is 3. The van der Waals surface area contributed by atoms with Crippen LogP contribution < -0.4 is 10.5 Å². The average molecular weight is 293 g/mol. The Kier molecular flexibility index (Phi) is 6.60.